The fraction of sp³-hybridized carbons (Fsp3) is 0.150. The zero-order valence-electron chi connectivity index (χ0n) is 13.7. The highest BCUT2D eigenvalue weighted by atomic mass is 19.1. The van der Waals surface area contributed by atoms with E-state index in [0.29, 0.717) is 0 Å². The van der Waals surface area contributed by atoms with Crippen molar-refractivity contribution in [1.82, 2.24) is 4.57 Å². The molecule has 5 heteroatoms. The van der Waals surface area contributed by atoms with E-state index in [4.69, 9.17) is 0 Å². The van der Waals surface area contributed by atoms with Crippen LogP contribution in [0.5, 0.6) is 0 Å². The normalized spacial score (nSPS) is 12.0. The molecule has 1 amide bonds. The SMILES string of the molecule is Cc1ccccc1[C@H](CC(=O)Nc1ccc(F)cc1F)n1cccc1. The van der Waals surface area contributed by atoms with Crippen LogP contribution in [0.25, 0.3) is 0 Å². The average molecular weight is 340 g/mol. The maximum absolute atomic E-state index is 13.7. The first kappa shape index (κ1) is 16.9. The maximum atomic E-state index is 13.7. The second kappa shape index (κ2) is 7.30. The van der Waals surface area contributed by atoms with Gasteiger partial charge in [-0.1, -0.05) is 24.3 Å². The second-order valence-corrected chi connectivity index (χ2v) is 5.88. The van der Waals surface area contributed by atoms with Gasteiger partial charge in [0.1, 0.15) is 11.6 Å². The third-order valence-corrected chi connectivity index (χ3v) is 4.12. The maximum Gasteiger partial charge on any atom is 0.226 e. The molecular formula is C20H18F2N2O. The smallest absolute Gasteiger partial charge is 0.226 e. The molecule has 3 nitrogen and oxygen atoms in total. The summed E-state index contributed by atoms with van der Waals surface area (Å²) in [5.74, 6) is -1.81. The number of nitrogens with one attached hydrogen (secondary N) is 1. The summed E-state index contributed by atoms with van der Waals surface area (Å²) in [6.45, 7) is 1.99. The van der Waals surface area contributed by atoms with Crippen LogP contribution in [0.4, 0.5) is 14.5 Å². The lowest BCUT2D eigenvalue weighted by atomic mass is 9.98. The van der Waals surface area contributed by atoms with Crippen LogP contribution in [0.2, 0.25) is 0 Å². The van der Waals surface area contributed by atoms with Crippen LogP contribution in [0, 0.1) is 18.6 Å². The number of rotatable bonds is 5. The van der Waals surface area contributed by atoms with Gasteiger partial charge in [-0.3, -0.25) is 4.79 Å². The van der Waals surface area contributed by atoms with Gasteiger partial charge in [-0.25, -0.2) is 8.78 Å². The number of halogens is 2. The molecule has 1 atom stereocenters. The van der Waals surface area contributed by atoms with Gasteiger partial charge in [-0.15, -0.1) is 0 Å². The van der Waals surface area contributed by atoms with E-state index >= 15 is 0 Å². The largest absolute Gasteiger partial charge is 0.346 e. The highest BCUT2D eigenvalue weighted by Gasteiger charge is 2.19. The van der Waals surface area contributed by atoms with Crippen molar-refractivity contribution >= 4 is 11.6 Å². The summed E-state index contributed by atoms with van der Waals surface area (Å²) in [5.41, 5.74) is 2.07. The van der Waals surface area contributed by atoms with Gasteiger partial charge in [-0.05, 0) is 42.3 Å². The fourth-order valence-electron chi connectivity index (χ4n) is 2.86. The van der Waals surface area contributed by atoms with Crippen LogP contribution in [0.15, 0.2) is 67.0 Å². The summed E-state index contributed by atoms with van der Waals surface area (Å²) < 4.78 is 28.7. The van der Waals surface area contributed by atoms with E-state index in [1.54, 1.807) is 0 Å². The third-order valence-electron chi connectivity index (χ3n) is 4.12. The molecule has 128 valence electrons. The summed E-state index contributed by atoms with van der Waals surface area (Å²) in [6, 6.07) is 14.5. The Hall–Kier alpha value is -2.95. The molecule has 0 unspecified atom stereocenters. The number of benzene rings is 2. The monoisotopic (exact) mass is 340 g/mol. The third kappa shape index (κ3) is 3.94. The molecule has 0 radical (unpaired) electrons. The zero-order valence-corrected chi connectivity index (χ0v) is 13.7. The van der Waals surface area contributed by atoms with Crippen LogP contribution in [-0.4, -0.2) is 10.5 Å². The summed E-state index contributed by atoms with van der Waals surface area (Å²) in [6.07, 6.45) is 3.92. The molecule has 0 fully saturated rings. The van der Waals surface area contributed by atoms with Crippen molar-refractivity contribution in [1.29, 1.82) is 0 Å². The topological polar surface area (TPSA) is 34.0 Å². The Morgan fingerprint density at radius 3 is 2.48 bits per heavy atom. The van der Waals surface area contributed by atoms with Gasteiger partial charge in [0.25, 0.3) is 0 Å². The second-order valence-electron chi connectivity index (χ2n) is 5.88. The zero-order chi connectivity index (χ0) is 17.8. The highest BCUT2D eigenvalue weighted by Crippen LogP contribution is 2.26. The number of carbonyl (C=O) groups is 1. The minimum absolute atomic E-state index is 0.0255. The predicted octanol–water partition coefficient (Wildman–Crippen LogP) is 4.69. The number of hydrogen-bond donors (Lipinski definition) is 1. The molecule has 2 aromatic carbocycles. The van der Waals surface area contributed by atoms with Gasteiger partial charge in [0.05, 0.1) is 18.2 Å². The Morgan fingerprint density at radius 2 is 1.80 bits per heavy atom. The Bertz CT molecular complexity index is 875. The van der Waals surface area contributed by atoms with Crippen molar-refractivity contribution in [3.8, 4) is 0 Å². The lowest BCUT2D eigenvalue weighted by Gasteiger charge is -2.21. The molecule has 0 aliphatic rings. The minimum Gasteiger partial charge on any atom is -0.346 e. The molecule has 1 N–H and O–H groups in total. The number of aromatic nitrogens is 1. The Kier molecular flexibility index (Phi) is 4.93. The lowest BCUT2D eigenvalue weighted by molar-refractivity contribution is -0.116. The molecule has 1 aromatic heterocycles. The van der Waals surface area contributed by atoms with E-state index < -0.39 is 11.6 Å². The molecule has 3 rings (SSSR count). The fourth-order valence-corrected chi connectivity index (χ4v) is 2.86. The molecule has 3 aromatic rings. The van der Waals surface area contributed by atoms with Gasteiger partial charge >= 0.3 is 0 Å². The quantitative estimate of drug-likeness (QED) is 0.718. The van der Waals surface area contributed by atoms with Gasteiger partial charge in [0.2, 0.25) is 5.91 Å². The molecule has 0 saturated carbocycles. The first-order valence-corrected chi connectivity index (χ1v) is 7.97. The van der Waals surface area contributed by atoms with E-state index in [1.807, 2.05) is 60.3 Å². The molecule has 1 heterocycles. The van der Waals surface area contributed by atoms with E-state index in [9.17, 15) is 13.6 Å². The summed E-state index contributed by atoms with van der Waals surface area (Å²) in [4.78, 5) is 12.5. The number of aryl methyl sites for hydroxylation is 1. The van der Waals surface area contributed by atoms with Gasteiger partial charge in [-0.2, -0.15) is 0 Å². The number of anilines is 1. The predicted molar refractivity (Wildman–Crippen MR) is 93.4 cm³/mol. The molecule has 0 spiro atoms. The summed E-state index contributed by atoms with van der Waals surface area (Å²) in [5, 5.41) is 2.53. The van der Waals surface area contributed by atoms with Crippen LogP contribution < -0.4 is 5.32 Å². The van der Waals surface area contributed by atoms with E-state index in [-0.39, 0.29) is 24.1 Å². The first-order chi connectivity index (χ1) is 12.0. The van der Waals surface area contributed by atoms with Crippen LogP contribution in [0.1, 0.15) is 23.6 Å². The molecule has 25 heavy (non-hydrogen) atoms. The number of nitrogens with zero attached hydrogens (tertiary/aromatic N) is 1. The van der Waals surface area contributed by atoms with Crippen molar-refractivity contribution in [2.24, 2.45) is 0 Å². The van der Waals surface area contributed by atoms with E-state index in [0.717, 1.165) is 23.3 Å². The Morgan fingerprint density at radius 1 is 1.08 bits per heavy atom. The van der Waals surface area contributed by atoms with Crippen molar-refractivity contribution in [3.05, 3.63) is 89.8 Å². The van der Waals surface area contributed by atoms with Crippen LogP contribution >= 0.6 is 0 Å². The minimum atomic E-state index is -0.790. The number of carbonyl (C=O) groups excluding carboxylic acids is 1. The van der Waals surface area contributed by atoms with Gasteiger partial charge in [0, 0.05) is 18.5 Å². The van der Waals surface area contributed by atoms with Crippen LogP contribution in [0.3, 0.4) is 0 Å². The summed E-state index contributed by atoms with van der Waals surface area (Å²) >= 11 is 0. The summed E-state index contributed by atoms with van der Waals surface area (Å²) in [7, 11) is 0. The highest BCUT2D eigenvalue weighted by molar-refractivity contribution is 5.91. The van der Waals surface area contributed by atoms with Gasteiger partial charge in [0.15, 0.2) is 0 Å². The van der Waals surface area contributed by atoms with Crippen molar-refractivity contribution < 1.29 is 13.6 Å². The standard InChI is InChI=1S/C20H18F2N2O/c1-14-6-2-3-7-16(14)19(24-10-4-5-11-24)13-20(25)23-18-9-8-15(21)12-17(18)22/h2-12,19H,13H2,1H3,(H,23,25)/t19-/m0/s1. The number of amides is 1. The molecule has 0 aliphatic carbocycles. The molecule has 0 saturated heterocycles. The Balaban J connectivity index is 1.83. The van der Waals surface area contributed by atoms with Crippen molar-refractivity contribution in [2.45, 2.75) is 19.4 Å². The molecule has 0 bridgehead atoms. The molecular weight excluding hydrogens is 322 g/mol. The van der Waals surface area contributed by atoms with E-state index in [2.05, 4.69) is 5.32 Å². The average Bonchev–Trinajstić information content (AvgIpc) is 3.10. The van der Waals surface area contributed by atoms with Crippen molar-refractivity contribution in [2.75, 3.05) is 5.32 Å². The van der Waals surface area contributed by atoms with Crippen LogP contribution in [-0.2, 0) is 4.79 Å². The van der Waals surface area contributed by atoms with Crippen molar-refractivity contribution in [3.63, 3.8) is 0 Å². The molecule has 0 aliphatic heterocycles. The Labute approximate surface area is 144 Å². The van der Waals surface area contributed by atoms with E-state index in [1.165, 1.54) is 6.07 Å². The lowest BCUT2D eigenvalue weighted by Crippen LogP contribution is -2.20. The first-order valence-electron chi connectivity index (χ1n) is 7.97. The van der Waals surface area contributed by atoms with Gasteiger partial charge < -0.3 is 9.88 Å². The number of hydrogen-bond acceptors (Lipinski definition) is 1.